The number of amides is 2. The van der Waals surface area contributed by atoms with E-state index >= 15 is 0 Å². The molecule has 0 spiro atoms. The van der Waals surface area contributed by atoms with Crippen LogP contribution >= 0.6 is 0 Å². The fourth-order valence-corrected chi connectivity index (χ4v) is 4.11. The van der Waals surface area contributed by atoms with Crippen molar-refractivity contribution >= 4 is 17.5 Å². The fourth-order valence-electron chi connectivity index (χ4n) is 4.11. The van der Waals surface area contributed by atoms with Crippen LogP contribution in [0, 0.1) is 12.8 Å². The Morgan fingerprint density at radius 3 is 2.48 bits per heavy atom. The monoisotopic (exact) mass is 416 g/mol. The molecule has 0 aliphatic carbocycles. The van der Waals surface area contributed by atoms with Gasteiger partial charge in [-0.05, 0) is 74.1 Å². The molecule has 1 aliphatic rings. The van der Waals surface area contributed by atoms with Crippen molar-refractivity contribution in [2.45, 2.75) is 32.6 Å². The first-order valence-electron chi connectivity index (χ1n) is 10.9. The van der Waals surface area contributed by atoms with Crippen molar-refractivity contribution in [3.8, 4) is 11.3 Å². The number of aryl methyl sites for hydroxylation is 1. The number of carbonyl (C=O) groups excluding carboxylic acids is 2. The number of anilines is 1. The molecule has 0 bridgehead atoms. The topological polar surface area (TPSA) is 62.6 Å². The zero-order chi connectivity index (χ0) is 21.6. The molecule has 2 amide bonds. The summed E-state index contributed by atoms with van der Waals surface area (Å²) in [7, 11) is 0. The second-order valence-electron chi connectivity index (χ2n) is 8.25. The smallest absolute Gasteiger partial charge is 0.253 e. The van der Waals surface area contributed by atoms with Crippen LogP contribution in [0.15, 0.2) is 71.3 Å². The predicted molar refractivity (Wildman–Crippen MR) is 122 cm³/mol. The van der Waals surface area contributed by atoms with Crippen molar-refractivity contribution < 1.29 is 14.0 Å². The van der Waals surface area contributed by atoms with Crippen LogP contribution in [0.2, 0.25) is 0 Å². The molecule has 31 heavy (non-hydrogen) atoms. The summed E-state index contributed by atoms with van der Waals surface area (Å²) >= 11 is 0. The fraction of sp³-hybridized carbons (Fsp3) is 0.308. The lowest BCUT2D eigenvalue weighted by Gasteiger charge is -2.32. The normalized spacial score (nSPS) is 14.4. The standard InChI is InChI=1S/C26H28N2O3/c1-19-4-2-5-23(18-19)27-25(29)12-7-20-13-15-28(16-14-20)26(30)22-10-8-21(9-11-22)24-6-3-17-31-24/h2-6,8-11,17-18,20H,7,12-16H2,1H3,(H,27,29). The molecule has 4 rings (SSSR count). The number of rotatable bonds is 6. The highest BCUT2D eigenvalue weighted by Crippen LogP contribution is 2.25. The summed E-state index contributed by atoms with van der Waals surface area (Å²) in [6.45, 7) is 3.49. The maximum absolute atomic E-state index is 12.8. The van der Waals surface area contributed by atoms with Crippen molar-refractivity contribution in [2.24, 2.45) is 5.92 Å². The van der Waals surface area contributed by atoms with Gasteiger partial charge in [-0.15, -0.1) is 0 Å². The van der Waals surface area contributed by atoms with Crippen molar-refractivity contribution in [3.63, 3.8) is 0 Å². The van der Waals surface area contributed by atoms with Crippen molar-refractivity contribution in [2.75, 3.05) is 18.4 Å². The van der Waals surface area contributed by atoms with Gasteiger partial charge in [-0.2, -0.15) is 0 Å². The van der Waals surface area contributed by atoms with Gasteiger partial charge in [-0.1, -0.05) is 24.3 Å². The summed E-state index contributed by atoms with van der Waals surface area (Å²) < 4.78 is 5.40. The summed E-state index contributed by atoms with van der Waals surface area (Å²) in [6, 6.07) is 19.2. The SMILES string of the molecule is Cc1cccc(NC(=O)CCC2CCN(C(=O)c3ccc(-c4ccco4)cc3)CC2)c1. The zero-order valence-electron chi connectivity index (χ0n) is 17.8. The van der Waals surface area contributed by atoms with E-state index < -0.39 is 0 Å². The third-order valence-electron chi connectivity index (χ3n) is 5.92. The number of piperidine rings is 1. The van der Waals surface area contributed by atoms with E-state index in [1.807, 2.05) is 72.5 Å². The molecule has 1 aromatic heterocycles. The van der Waals surface area contributed by atoms with E-state index in [4.69, 9.17) is 4.42 Å². The average Bonchev–Trinajstić information content (AvgIpc) is 3.33. The first-order valence-corrected chi connectivity index (χ1v) is 10.9. The largest absolute Gasteiger partial charge is 0.464 e. The molecular weight excluding hydrogens is 388 g/mol. The van der Waals surface area contributed by atoms with Gasteiger partial charge in [0.15, 0.2) is 0 Å². The number of furan rings is 1. The molecule has 0 unspecified atom stereocenters. The summed E-state index contributed by atoms with van der Waals surface area (Å²) in [4.78, 5) is 27.0. The molecule has 160 valence electrons. The Kier molecular flexibility index (Phi) is 6.51. The Morgan fingerprint density at radius 1 is 1.03 bits per heavy atom. The number of hydrogen-bond acceptors (Lipinski definition) is 3. The van der Waals surface area contributed by atoms with Gasteiger partial charge >= 0.3 is 0 Å². The van der Waals surface area contributed by atoms with Gasteiger partial charge < -0.3 is 14.6 Å². The van der Waals surface area contributed by atoms with E-state index in [9.17, 15) is 9.59 Å². The minimum Gasteiger partial charge on any atom is -0.464 e. The Morgan fingerprint density at radius 2 is 1.81 bits per heavy atom. The van der Waals surface area contributed by atoms with Crippen LogP contribution in [-0.4, -0.2) is 29.8 Å². The Labute approximate surface area is 183 Å². The van der Waals surface area contributed by atoms with Crippen LogP contribution in [-0.2, 0) is 4.79 Å². The molecule has 1 aliphatic heterocycles. The third-order valence-corrected chi connectivity index (χ3v) is 5.92. The van der Waals surface area contributed by atoms with Gasteiger partial charge in [-0.25, -0.2) is 0 Å². The maximum atomic E-state index is 12.8. The van der Waals surface area contributed by atoms with Crippen LogP contribution in [0.3, 0.4) is 0 Å². The summed E-state index contributed by atoms with van der Waals surface area (Å²) in [6.07, 6.45) is 4.89. The quantitative estimate of drug-likeness (QED) is 0.575. The van der Waals surface area contributed by atoms with Gasteiger partial charge in [-0.3, -0.25) is 9.59 Å². The van der Waals surface area contributed by atoms with Crippen molar-refractivity contribution in [3.05, 3.63) is 78.1 Å². The molecule has 0 atom stereocenters. The van der Waals surface area contributed by atoms with E-state index in [2.05, 4.69) is 5.32 Å². The molecule has 2 heterocycles. The van der Waals surface area contributed by atoms with E-state index in [0.717, 1.165) is 54.9 Å². The lowest BCUT2D eigenvalue weighted by molar-refractivity contribution is -0.116. The molecule has 2 aromatic carbocycles. The minimum atomic E-state index is 0.0563. The van der Waals surface area contributed by atoms with Crippen molar-refractivity contribution in [1.82, 2.24) is 4.90 Å². The molecule has 0 radical (unpaired) electrons. The molecule has 1 saturated heterocycles. The van der Waals surface area contributed by atoms with Gasteiger partial charge in [0.25, 0.3) is 5.91 Å². The minimum absolute atomic E-state index is 0.0563. The highest BCUT2D eigenvalue weighted by atomic mass is 16.3. The van der Waals surface area contributed by atoms with Crippen LogP contribution in [0.1, 0.15) is 41.6 Å². The van der Waals surface area contributed by atoms with Crippen LogP contribution < -0.4 is 5.32 Å². The lowest BCUT2D eigenvalue weighted by atomic mass is 9.91. The highest BCUT2D eigenvalue weighted by molar-refractivity contribution is 5.94. The zero-order valence-corrected chi connectivity index (χ0v) is 17.8. The number of likely N-dealkylation sites (tertiary alicyclic amines) is 1. The lowest BCUT2D eigenvalue weighted by Crippen LogP contribution is -2.38. The molecule has 5 nitrogen and oxygen atoms in total. The van der Waals surface area contributed by atoms with Gasteiger partial charge in [0, 0.05) is 36.3 Å². The second kappa shape index (κ2) is 9.65. The predicted octanol–water partition coefficient (Wildman–Crippen LogP) is 5.53. The van der Waals surface area contributed by atoms with E-state index in [1.165, 1.54) is 0 Å². The number of benzene rings is 2. The van der Waals surface area contributed by atoms with Crippen LogP contribution in [0.25, 0.3) is 11.3 Å². The summed E-state index contributed by atoms with van der Waals surface area (Å²) in [5, 5.41) is 2.98. The summed E-state index contributed by atoms with van der Waals surface area (Å²) in [5.74, 6) is 1.40. The Balaban J connectivity index is 1.23. The first-order chi connectivity index (χ1) is 15.1. The Hall–Kier alpha value is -3.34. The second-order valence-corrected chi connectivity index (χ2v) is 8.25. The van der Waals surface area contributed by atoms with E-state index in [1.54, 1.807) is 6.26 Å². The van der Waals surface area contributed by atoms with Crippen molar-refractivity contribution in [1.29, 1.82) is 0 Å². The number of nitrogens with zero attached hydrogens (tertiary/aromatic N) is 1. The van der Waals surface area contributed by atoms with Crippen LogP contribution in [0.5, 0.6) is 0 Å². The van der Waals surface area contributed by atoms with Gasteiger partial charge in [0.2, 0.25) is 5.91 Å². The molecular formula is C26H28N2O3. The van der Waals surface area contributed by atoms with E-state index in [0.29, 0.717) is 17.9 Å². The van der Waals surface area contributed by atoms with Gasteiger partial charge in [0.1, 0.15) is 5.76 Å². The third kappa shape index (κ3) is 5.43. The molecule has 5 heteroatoms. The number of carbonyl (C=O) groups is 2. The van der Waals surface area contributed by atoms with Crippen LogP contribution in [0.4, 0.5) is 5.69 Å². The van der Waals surface area contributed by atoms with Gasteiger partial charge in [0.05, 0.1) is 6.26 Å². The molecule has 3 aromatic rings. The van der Waals surface area contributed by atoms with E-state index in [-0.39, 0.29) is 11.8 Å². The molecule has 1 fully saturated rings. The maximum Gasteiger partial charge on any atom is 0.253 e. The average molecular weight is 417 g/mol. The Bertz CT molecular complexity index is 1020. The summed E-state index contributed by atoms with van der Waals surface area (Å²) in [5.41, 5.74) is 3.64. The molecule has 0 saturated carbocycles. The molecule has 1 N–H and O–H groups in total. The number of hydrogen-bond donors (Lipinski definition) is 1. The highest BCUT2D eigenvalue weighted by Gasteiger charge is 2.24. The first kappa shape index (κ1) is 20.9. The number of nitrogens with one attached hydrogen (secondary N) is 1.